The van der Waals surface area contributed by atoms with Gasteiger partial charge in [-0.15, -0.1) is 0 Å². The predicted octanol–water partition coefficient (Wildman–Crippen LogP) is 1.60. The number of hydrogen-bond donors (Lipinski definition) is 2. The number of nitrogens with one attached hydrogen (secondary N) is 1. The maximum absolute atomic E-state index is 13.4. The van der Waals surface area contributed by atoms with Crippen molar-refractivity contribution >= 4 is 5.91 Å². The van der Waals surface area contributed by atoms with E-state index in [1.807, 2.05) is 13.8 Å². The molecular weight excluding hydrogens is 276 g/mol. The summed E-state index contributed by atoms with van der Waals surface area (Å²) in [5.41, 5.74) is 4.30. The SMILES string of the molecule is CCN(CC)CCNC(C)(C(N)=O)c1cc(F)cc(F)c1. The molecule has 6 heteroatoms. The van der Waals surface area contributed by atoms with Crippen LogP contribution in [0.15, 0.2) is 18.2 Å². The molecule has 0 fully saturated rings. The third-order valence-electron chi connectivity index (χ3n) is 3.73. The molecule has 0 aromatic heterocycles. The Labute approximate surface area is 124 Å². The first-order valence-electron chi connectivity index (χ1n) is 7.07. The van der Waals surface area contributed by atoms with Crippen molar-refractivity contribution < 1.29 is 13.6 Å². The number of carbonyl (C=O) groups is 1. The molecule has 0 saturated heterocycles. The topological polar surface area (TPSA) is 58.4 Å². The lowest BCUT2D eigenvalue weighted by atomic mass is 9.91. The zero-order valence-electron chi connectivity index (χ0n) is 12.7. The highest BCUT2D eigenvalue weighted by Gasteiger charge is 2.33. The molecule has 1 rings (SSSR count). The first-order valence-corrected chi connectivity index (χ1v) is 7.07. The smallest absolute Gasteiger partial charge is 0.242 e. The summed E-state index contributed by atoms with van der Waals surface area (Å²) in [5, 5.41) is 3.02. The van der Waals surface area contributed by atoms with E-state index in [1.54, 1.807) is 0 Å². The highest BCUT2D eigenvalue weighted by molar-refractivity contribution is 5.85. The second-order valence-electron chi connectivity index (χ2n) is 5.10. The summed E-state index contributed by atoms with van der Waals surface area (Å²) in [5.74, 6) is -2.14. The van der Waals surface area contributed by atoms with Crippen molar-refractivity contribution in [1.82, 2.24) is 10.2 Å². The van der Waals surface area contributed by atoms with Gasteiger partial charge in [0.25, 0.3) is 0 Å². The molecule has 4 nitrogen and oxygen atoms in total. The Hall–Kier alpha value is -1.53. The quantitative estimate of drug-likeness (QED) is 0.766. The van der Waals surface area contributed by atoms with Gasteiger partial charge in [0.1, 0.15) is 17.2 Å². The number of amides is 1. The van der Waals surface area contributed by atoms with Crippen LogP contribution in [0, 0.1) is 11.6 Å². The minimum absolute atomic E-state index is 0.187. The standard InChI is InChI=1S/C15H23F2N3O/c1-4-20(5-2)7-6-19-15(3,14(18)21)11-8-12(16)10-13(17)9-11/h8-10,19H,4-7H2,1-3H3,(H2,18,21). The van der Waals surface area contributed by atoms with E-state index in [0.717, 1.165) is 31.3 Å². The molecule has 0 spiro atoms. The van der Waals surface area contributed by atoms with Gasteiger partial charge >= 0.3 is 0 Å². The fourth-order valence-electron chi connectivity index (χ4n) is 2.18. The largest absolute Gasteiger partial charge is 0.368 e. The highest BCUT2D eigenvalue weighted by Crippen LogP contribution is 2.22. The maximum Gasteiger partial charge on any atom is 0.242 e. The van der Waals surface area contributed by atoms with Gasteiger partial charge in [0.15, 0.2) is 0 Å². The van der Waals surface area contributed by atoms with Gasteiger partial charge in [-0.3, -0.25) is 10.1 Å². The fraction of sp³-hybridized carbons (Fsp3) is 0.533. The van der Waals surface area contributed by atoms with E-state index in [4.69, 9.17) is 5.73 Å². The number of rotatable bonds is 8. The number of primary amides is 1. The van der Waals surface area contributed by atoms with Gasteiger partial charge in [-0.1, -0.05) is 13.8 Å². The van der Waals surface area contributed by atoms with Gasteiger partial charge in [-0.05, 0) is 37.7 Å². The van der Waals surface area contributed by atoms with Crippen LogP contribution in [-0.4, -0.2) is 37.0 Å². The van der Waals surface area contributed by atoms with Crippen molar-refractivity contribution in [3.05, 3.63) is 35.4 Å². The zero-order valence-corrected chi connectivity index (χ0v) is 12.7. The summed E-state index contributed by atoms with van der Waals surface area (Å²) in [7, 11) is 0. The molecule has 0 heterocycles. The molecule has 118 valence electrons. The van der Waals surface area contributed by atoms with Crippen molar-refractivity contribution in [2.75, 3.05) is 26.2 Å². The van der Waals surface area contributed by atoms with Crippen molar-refractivity contribution in [3.8, 4) is 0 Å². The number of carbonyl (C=O) groups excluding carboxylic acids is 1. The van der Waals surface area contributed by atoms with Crippen molar-refractivity contribution in [2.45, 2.75) is 26.3 Å². The number of nitrogens with two attached hydrogens (primary N) is 1. The van der Waals surface area contributed by atoms with Gasteiger partial charge in [-0.25, -0.2) is 8.78 Å². The molecule has 21 heavy (non-hydrogen) atoms. The zero-order chi connectivity index (χ0) is 16.0. The van der Waals surface area contributed by atoms with E-state index in [-0.39, 0.29) is 5.56 Å². The van der Waals surface area contributed by atoms with Crippen LogP contribution >= 0.6 is 0 Å². The molecule has 1 amide bonds. The predicted molar refractivity (Wildman–Crippen MR) is 78.7 cm³/mol. The Kier molecular flexibility index (Phi) is 6.23. The summed E-state index contributed by atoms with van der Waals surface area (Å²) in [6.07, 6.45) is 0. The lowest BCUT2D eigenvalue weighted by molar-refractivity contribution is -0.124. The summed E-state index contributed by atoms with van der Waals surface area (Å²) in [6.45, 7) is 8.59. The molecule has 3 N–H and O–H groups in total. The van der Waals surface area contributed by atoms with Crippen LogP contribution in [0.25, 0.3) is 0 Å². The molecule has 0 radical (unpaired) electrons. The van der Waals surface area contributed by atoms with Gasteiger partial charge in [0.2, 0.25) is 5.91 Å². The molecular formula is C15H23F2N3O. The van der Waals surface area contributed by atoms with Gasteiger partial charge in [0, 0.05) is 19.2 Å². The van der Waals surface area contributed by atoms with Crippen LogP contribution in [0.3, 0.4) is 0 Å². The molecule has 1 atom stereocenters. The van der Waals surface area contributed by atoms with Crippen LogP contribution < -0.4 is 11.1 Å². The van der Waals surface area contributed by atoms with Crippen molar-refractivity contribution in [3.63, 3.8) is 0 Å². The van der Waals surface area contributed by atoms with Crippen LogP contribution in [0.1, 0.15) is 26.3 Å². The Bertz CT molecular complexity index is 472. The molecule has 1 aromatic rings. The van der Waals surface area contributed by atoms with E-state index < -0.39 is 23.1 Å². The molecule has 1 aromatic carbocycles. The average molecular weight is 299 g/mol. The molecule has 0 saturated carbocycles. The first-order chi connectivity index (χ1) is 9.83. The number of halogens is 2. The molecule has 1 unspecified atom stereocenters. The summed E-state index contributed by atoms with van der Waals surface area (Å²) in [4.78, 5) is 13.9. The molecule has 0 aliphatic heterocycles. The first kappa shape index (κ1) is 17.5. The van der Waals surface area contributed by atoms with E-state index in [1.165, 1.54) is 6.92 Å². The number of hydrogen-bond acceptors (Lipinski definition) is 3. The Morgan fingerprint density at radius 1 is 1.24 bits per heavy atom. The van der Waals surface area contributed by atoms with Crippen molar-refractivity contribution in [2.24, 2.45) is 5.73 Å². The Balaban J connectivity index is 2.90. The summed E-state index contributed by atoms with van der Waals surface area (Å²) in [6, 6.07) is 3.01. The lowest BCUT2D eigenvalue weighted by Gasteiger charge is -2.29. The van der Waals surface area contributed by atoms with E-state index in [2.05, 4.69) is 10.2 Å². The Morgan fingerprint density at radius 3 is 2.19 bits per heavy atom. The lowest BCUT2D eigenvalue weighted by Crippen LogP contribution is -2.52. The van der Waals surface area contributed by atoms with E-state index in [9.17, 15) is 13.6 Å². The van der Waals surface area contributed by atoms with E-state index in [0.29, 0.717) is 13.1 Å². The number of benzene rings is 1. The molecule has 0 aliphatic rings. The second kappa shape index (κ2) is 7.47. The van der Waals surface area contributed by atoms with Gasteiger partial charge < -0.3 is 10.6 Å². The minimum atomic E-state index is -1.31. The third-order valence-corrected chi connectivity index (χ3v) is 3.73. The minimum Gasteiger partial charge on any atom is -0.368 e. The summed E-state index contributed by atoms with van der Waals surface area (Å²) < 4.78 is 26.7. The second-order valence-corrected chi connectivity index (χ2v) is 5.10. The number of nitrogens with zero attached hydrogens (tertiary/aromatic N) is 1. The molecule has 0 bridgehead atoms. The van der Waals surface area contributed by atoms with Gasteiger partial charge in [0.05, 0.1) is 0 Å². The third kappa shape index (κ3) is 4.47. The van der Waals surface area contributed by atoms with E-state index >= 15 is 0 Å². The average Bonchev–Trinajstić information content (AvgIpc) is 2.42. The normalized spacial score (nSPS) is 14.2. The Morgan fingerprint density at radius 2 is 1.76 bits per heavy atom. The molecule has 0 aliphatic carbocycles. The van der Waals surface area contributed by atoms with Gasteiger partial charge in [-0.2, -0.15) is 0 Å². The number of likely N-dealkylation sites (N-methyl/N-ethyl adjacent to an activating group) is 1. The monoisotopic (exact) mass is 299 g/mol. The van der Waals surface area contributed by atoms with Crippen LogP contribution in [0.2, 0.25) is 0 Å². The fourth-order valence-corrected chi connectivity index (χ4v) is 2.18. The van der Waals surface area contributed by atoms with Crippen LogP contribution in [0.4, 0.5) is 8.78 Å². The summed E-state index contributed by atoms with van der Waals surface area (Å²) >= 11 is 0. The van der Waals surface area contributed by atoms with Crippen molar-refractivity contribution in [1.29, 1.82) is 0 Å². The highest BCUT2D eigenvalue weighted by atomic mass is 19.1. The maximum atomic E-state index is 13.4. The van der Waals surface area contributed by atoms with Crippen LogP contribution in [0.5, 0.6) is 0 Å². The van der Waals surface area contributed by atoms with Crippen LogP contribution in [-0.2, 0) is 10.3 Å².